The second kappa shape index (κ2) is 3.77. The maximum atomic E-state index is 8.59. The van der Waals surface area contributed by atoms with Crippen molar-refractivity contribution < 1.29 is 0 Å². The predicted molar refractivity (Wildman–Crippen MR) is 58.3 cm³/mol. The highest BCUT2D eigenvalue weighted by Crippen LogP contribution is 2.25. The molecule has 2 nitrogen and oxygen atoms in total. The first-order valence-electron chi connectivity index (χ1n) is 4.59. The fraction of sp³-hybridized carbons (Fsp3) is 0.273. The number of thiazole rings is 1. The summed E-state index contributed by atoms with van der Waals surface area (Å²) in [6.07, 6.45) is 1.41. The number of nitriles is 1. The van der Waals surface area contributed by atoms with Gasteiger partial charge in [-0.3, -0.25) is 0 Å². The van der Waals surface area contributed by atoms with Crippen LogP contribution in [-0.2, 0) is 12.8 Å². The van der Waals surface area contributed by atoms with Gasteiger partial charge < -0.3 is 0 Å². The van der Waals surface area contributed by atoms with Crippen LogP contribution in [0.25, 0.3) is 10.2 Å². The number of aryl methyl sites for hydroxylation is 1. The van der Waals surface area contributed by atoms with Crippen molar-refractivity contribution in [3.8, 4) is 6.07 Å². The smallest absolute Gasteiger partial charge is 0.108 e. The summed E-state index contributed by atoms with van der Waals surface area (Å²) in [5.41, 5.74) is 2.34. The lowest BCUT2D eigenvalue weighted by molar-refractivity contribution is 1.13. The van der Waals surface area contributed by atoms with Gasteiger partial charge in [-0.1, -0.05) is 19.1 Å². The van der Waals surface area contributed by atoms with E-state index in [-0.39, 0.29) is 0 Å². The third-order valence-corrected chi connectivity index (χ3v) is 3.18. The molecule has 0 amide bonds. The van der Waals surface area contributed by atoms with E-state index in [1.54, 1.807) is 11.3 Å². The number of hydrogen-bond acceptors (Lipinski definition) is 3. The van der Waals surface area contributed by atoms with Crippen molar-refractivity contribution in [2.75, 3.05) is 0 Å². The average molecular weight is 202 g/mol. The van der Waals surface area contributed by atoms with Crippen LogP contribution in [0.1, 0.15) is 17.5 Å². The Morgan fingerprint density at radius 1 is 1.50 bits per heavy atom. The monoisotopic (exact) mass is 202 g/mol. The zero-order valence-corrected chi connectivity index (χ0v) is 8.77. The zero-order chi connectivity index (χ0) is 9.97. The summed E-state index contributed by atoms with van der Waals surface area (Å²) in [6, 6.07) is 8.34. The minimum Gasteiger partial charge on any atom is -0.240 e. The summed E-state index contributed by atoms with van der Waals surface area (Å²) >= 11 is 1.62. The lowest BCUT2D eigenvalue weighted by Gasteiger charge is -1.95. The lowest BCUT2D eigenvalue weighted by Crippen LogP contribution is -1.83. The van der Waals surface area contributed by atoms with Crippen molar-refractivity contribution in [2.45, 2.75) is 19.8 Å². The van der Waals surface area contributed by atoms with Gasteiger partial charge in [0.2, 0.25) is 0 Å². The van der Waals surface area contributed by atoms with E-state index in [4.69, 9.17) is 5.26 Å². The number of hydrogen-bond donors (Lipinski definition) is 0. The number of benzene rings is 1. The summed E-state index contributed by atoms with van der Waals surface area (Å²) in [6.45, 7) is 2.12. The van der Waals surface area contributed by atoms with Crippen LogP contribution in [0.2, 0.25) is 0 Å². The Kier molecular flexibility index (Phi) is 2.47. The molecule has 0 aliphatic rings. The molecule has 14 heavy (non-hydrogen) atoms. The van der Waals surface area contributed by atoms with Gasteiger partial charge in [0.1, 0.15) is 5.01 Å². The normalized spacial score (nSPS) is 10.3. The van der Waals surface area contributed by atoms with Gasteiger partial charge in [0.05, 0.1) is 22.7 Å². The highest BCUT2D eigenvalue weighted by Gasteiger charge is 2.05. The molecule has 3 heteroatoms. The molecule has 1 aromatic carbocycles. The largest absolute Gasteiger partial charge is 0.240 e. The summed E-state index contributed by atoms with van der Waals surface area (Å²) in [4.78, 5) is 4.47. The topological polar surface area (TPSA) is 36.7 Å². The van der Waals surface area contributed by atoms with Gasteiger partial charge in [-0.15, -0.1) is 11.3 Å². The van der Waals surface area contributed by atoms with Gasteiger partial charge in [-0.05, 0) is 18.1 Å². The maximum absolute atomic E-state index is 8.59. The Labute approximate surface area is 86.8 Å². The summed E-state index contributed by atoms with van der Waals surface area (Å²) in [5, 5.41) is 9.51. The first kappa shape index (κ1) is 9.17. The Hall–Kier alpha value is -1.40. The Morgan fingerprint density at radius 2 is 2.36 bits per heavy atom. The first-order valence-corrected chi connectivity index (χ1v) is 5.41. The van der Waals surface area contributed by atoms with Crippen LogP contribution in [0.15, 0.2) is 18.2 Å². The molecule has 0 saturated heterocycles. The zero-order valence-electron chi connectivity index (χ0n) is 7.95. The molecule has 1 heterocycles. The van der Waals surface area contributed by atoms with Gasteiger partial charge in [0.15, 0.2) is 0 Å². The van der Waals surface area contributed by atoms with E-state index in [1.807, 2.05) is 0 Å². The van der Waals surface area contributed by atoms with Gasteiger partial charge in [0.25, 0.3) is 0 Å². The van der Waals surface area contributed by atoms with Crippen LogP contribution < -0.4 is 0 Å². The summed E-state index contributed by atoms with van der Waals surface area (Å²) in [7, 11) is 0. The van der Waals surface area contributed by atoms with Crippen molar-refractivity contribution >= 4 is 21.6 Å². The number of para-hydroxylation sites is 1. The van der Waals surface area contributed by atoms with Crippen molar-refractivity contribution in [2.24, 2.45) is 0 Å². The molecule has 0 N–H and O–H groups in total. The Bertz CT molecular complexity index is 493. The fourth-order valence-electron chi connectivity index (χ4n) is 1.48. The Morgan fingerprint density at radius 3 is 3.07 bits per heavy atom. The first-order chi connectivity index (χ1) is 6.85. The molecule has 0 spiro atoms. The highest BCUT2D eigenvalue weighted by molar-refractivity contribution is 7.18. The van der Waals surface area contributed by atoms with Crippen molar-refractivity contribution in [3.63, 3.8) is 0 Å². The van der Waals surface area contributed by atoms with Crippen LogP contribution in [0.4, 0.5) is 0 Å². The average Bonchev–Trinajstić information content (AvgIpc) is 2.60. The van der Waals surface area contributed by atoms with Crippen molar-refractivity contribution in [1.82, 2.24) is 4.98 Å². The minimum absolute atomic E-state index is 0.419. The molecule has 0 saturated carbocycles. The fourth-order valence-corrected chi connectivity index (χ4v) is 2.43. The third-order valence-electron chi connectivity index (χ3n) is 2.16. The van der Waals surface area contributed by atoms with E-state index >= 15 is 0 Å². The molecule has 0 aliphatic heterocycles. The SMILES string of the molecule is CCc1cccc2sc(CC#N)nc12. The van der Waals surface area contributed by atoms with Crippen LogP contribution in [0, 0.1) is 11.3 Å². The summed E-state index contributed by atoms with van der Waals surface area (Å²) in [5.74, 6) is 0. The molecule has 0 aliphatic carbocycles. The van der Waals surface area contributed by atoms with E-state index in [0.29, 0.717) is 6.42 Å². The van der Waals surface area contributed by atoms with E-state index in [9.17, 15) is 0 Å². The standard InChI is InChI=1S/C11H10N2S/c1-2-8-4-3-5-9-11(8)13-10(14-9)6-7-12/h3-5H,2,6H2,1H3. The van der Waals surface area contributed by atoms with Gasteiger partial charge in [0, 0.05) is 0 Å². The number of fused-ring (bicyclic) bond motifs is 1. The van der Waals surface area contributed by atoms with E-state index in [0.717, 1.165) is 16.9 Å². The van der Waals surface area contributed by atoms with Gasteiger partial charge in [-0.25, -0.2) is 4.98 Å². The predicted octanol–water partition coefficient (Wildman–Crippen LogP) is 2.92. The highest BCUT2D eigenvalue weighted by atomic mass is 32.1. The second-order valence-electron chi connectivity index (χ2n) is 3.06. The van der Waals surface area contributed by atoms with Crippen LogP contribution in [-0.4, -0.2) is 4.98 Å². The molecule has 0 fully saturated rings. The number of aromatic nitrogens is 1. The molecule has 2 rings (SSSR count). The van der Waals surface area contributed by atoms with Crippen LogP contribution in [0.5, 0.6) is 0 Å². The second-order valence-corrected chi connectivity index (χ2v) is 4.18. The molecule has 0 bridgehead atoms. The Balaban J connectivity index is 2.59. The third kappa shape index (κ3) is 1.49. The molecule has 1 aromatic heterocycles. The minimum atomic E-state index is 0.419. The number of rotatable bonds is 2. The molecular weight excluding hydrogens is 192 g/mol. The van der Waals surface area contributed by atoms with Crippen LogP contribution in [0.3, 0.4) is 0 Å². The molecule has 70 valence electrons. The van der Waals surface area contributed by atoms with Crippen molar-refractivity contribution in [3.05, 3.63) is 28.8 Å². The molecule has 0 unspecified atom stereocenters. The maximum Gasteiger partial charge on any atom is 0.108 e. The molecule has 0 radical (unpaired) electrons. The molecular formula is C11H10N2S. The van der Waals surface area contributed by atoms with Crippen molar-refractivity contribution in [1.29, 1.82) is 5.26 Å². The summed E-state index contributed by atoms with van der Waals surface area (Å²) < 4.78 is 1.19. The number of nitrogens with zero attached hydrogens (tertiary/aromatic N) is 2. The van der Waals surface area contributed by atoms with Gasteiger partial charge >= 0.3 is 0 Å². The van der Waals surface area contributed by atoms with E-state index in [1.165, 1.54) is 10.3 Å². The quantitative estimate of drug-likeness (QED) is 0.750. The lowest BCUT2D eigenvalue weighted by atomic mass is 10.1. The van der Waals surface area contributed by atoms with Gasteiger partial charge in [-0.2, -0.15) is 5.26 Å². The molecule has 2 aromatic rings. The molecule has 0 atom stereocenters. The van der Waals surface area contributed by atoms with E-state index < -0.39 is 0 Å². The van der Waals surface area contributed by atoms with Crippen LogP contribution >= 0.6 is 11.3 Å². The van der Waals surface area contributed by atoms with E-state index in [2.05, 4.69) is 36.2 Å².